The van der Waals surface area contributed by atoms with E-state index in [0.29, 0.717) is 6.54 Å². The van der Waals surface area contributed by atoms with Crippen LogP contribution in [-0.4, -0.2) is 15.0 Å². The Balaban J connectivity index is 2.53. The zero-order valence-corrected chi connectivity index (χ0v) is 9.90. The Kier molecular flexibility index (Phi) is 2.83. The zero-order valence-electron chi connectivity index (χ0n) is 8.31. The van der Waals surface area contributed by atoms with Gasteiger partial charge in [0, 0.05) is 19.2 Å². The van der Waals surface area contributed by atoms with Crippen LogP contribution >= 0.6 is 15.9 Å². The first-order chi connectivity index (χ1) is 7.22. The Labute approximate surface area is 96.2 Å². The predicted molar refractivity (Wildman–Crippen MR) is 62.0 cm³/mol. The summed E-state index contributed by atoms with van der Waals surface area (Å²) in [6.07, 6.45) is 0. The Morgan fingerprint density at radius 1 is 1.47 bits per heavy atom. The van der Waals surface area contributed by atoms with E-state index >= 15 is 0 Å². The third-order valence-electron chi connectivity index (χ3n) is 2.22. The van der Waals surface area contributed by atoms with Crippen molar-refractivity contribution in [2.45, 2.75) is 6.54 Å². The van der Waals surface area contributed by atoms with Crippen LogP contribution in [0.4, 0.5) is 0 Å². The van der Waals surface area contributed by atoms with E-state index in [1.807, 2.05) is 31.3 Å². The molecule has 2 rings (SSSR count). The van der Waals surface area contributed by atoms with Crippen LogP contribution in [0.25, 0.3) is 11.3 Å². The normalized spacial score (nSPS) is 10.6. The van der Waals surface area contributed by atoms with Gasteiger partial charge in [0.25, 0.3) is 0 Å². The quantitative estimate of drug-likeness (QED) is 0.901. The second kappa shape index (κ2) is 4.12. The van der Waals surface area contributed by atoms with Crippen LogP contribution in [-0.2, 0) is 13.6 Å². The lowest BCUT2D eigenvalue weighted by Gasteiger charge is -2.03. The Hall–Kier alpha value is -1.20. The van der Waals surface area contributed by atoms with Gasteiger partial charge in [-0.25, -0.2) is 4.68 Å². The summed E-state index contributed by atoms with van der Waals surface area (Å²) < 4.78 is 2.49. The van der Waals surface area contributed by atoms with Gasteiger partial charge in [0.1, 0.15) is 5.69 Å². The SMILES string of the molecule is Cn1nnc(Br)c1-c1cccc(CN)c1. The molecule has 0 saturated carbocycles. The molecule has 15 heavy (non-hydrogen) atoms. The van der Waals surface area contributed by atoms with E-state index in [-0.39, 0.29) is 0 Å². The highest BCUT2D eigenvalue weighted by molar-refractivity contribution is 9.10. The zero-order chi connectivity index (χ0) is 10.8. The molecule has 0 aliphatic carbocycles. The summed E-state index contributed by atoms with van der Waals surface area (Å²) in [5.74, 6) is 0. The Bertz CT molecular complexity index is 459. The Morgan fingerprint density at radius 2 is 2.27 bits per heavy atom. The van der Waals surface area contributed by atoms with Crippen molar-refractivity contribution < 1.29 is 0 Å². The molecule has 5 heteroatoms. The molecular weight excluding hydrogens is 256 g/mol. The van der Waals surface area contributed by atoms with Gasteiger partial charge in [-0.1, -0.05) is 23.4 Å². The minimum absolute atomic E-state index is 0.538. The van der Waals surface area contributed by atoms with Gasteiger partial charge >= 0.3 is 0 Å². The lowest BCUT2D eigenvalue weighted by Crippen LogP contribution is -1.98. The molecule has 2 N–H and O–H groups in total. The number of benzene rings is 1. The molecule has 0 bridgehead atoms. The molecule has 0 aliphatic rings. The first-order valence-corrected chi connectivity index (χ1v) is 5.36. The molecule has 0 aliphatic heterocycles. The molecule has 0 atom stereocenters. The molecule has 1 aromatic carbocycles. The van der Waals surface area contributed by atoms with Crippen LogP contribution in [0.1, 0.15) is 5.56 Å². The van der Waals surface area contributed by atoms with Gasteiger partial charge in [-0.15, -0.1) is 5.10 Å². The second-order valence-corrected chi connectivity index (χ2v) is 4.01. The van der Waals surface area contributed by atoms with Gasteiger partial charge in [0.05, 0.1) is 0 Å². The van der Waals surface area contributed by atoms with Crippen molar-refractivity contribution in [2.24, 2.45) is 12.8 Å². The van der Waals surface area contributed by atoms with Crippen molar-refractivity contribution in [3.63, 3.8) is 0 Å². The largest absolute Gasteiger partial charge is 0.326 e. The molecule has 0 fully saturated rings. The summed E-state index contributed by atoms with van der Waals surface area (Å²) in [5.41, 5.74) is 8.73. The van der Waals surface area contributed by atoms with Crippen LogP contribution in [0, 0.1) is 0 Å². The molecule has 1 aromatic heterocycles. The van der Waals surface area contributed by atoms with Gasteiger partial charge in [-0.2, -0.15) is 0 Å². The summed E-state index contributed by atoms with van der Waals surface area (Å²) >= 11 is 3.37. The number of nitrogens with two attached hydrogens (primary N) is 1. The highest BCUT2D eigenvalue weighted by atomic mass is 79.9. The van der Waals surface area contributed by atoms with Crippen LogP contribution in [0.15, 0.2) is 28.9 Å². The molecule has 0 amide bonds. The van der Waals surface area contributed by atoms with Crippen molar-refractivity contribution in [1.29, 1.82) is 0 Å². The van der Waals surface area contributed by atoms with Crippen LogP contribution in [0.3, 0.4) is 0 Å². The van der Waals surface area contributed by atoms with Crippen molar-refractivity contribution in [2.75, 3.05) is 0 Å². The third-order valence-corrected chi connectivity index (χ3v) is 2.76. The van der Waals surface area contributed by atoms with E-state index in [9.17, 15) is 0 Å². The predicted octanol–water partition coefficient (Wildman–Crippen LogP) is 1.70. The molecule has 2 aromatic rings. The number of nitrogens with zero attached hydrogens (tertiary/aromatic N) is 3. The fourth-order valence-electron chi connectivity index (χ4n) is 1.48. The van der Waals surface area contributed by atoms with Gasteiger partial charge < -0.3 is 5.73 Å². The number of hydrogen-bond donors (Lipinski definition) is 1. The third kappa shape index (κ3) is 1.93. The molecule has 0 radical (unpaired) electrons. The van der Waals surface area contributed by atoms with Crippen molar-refractivity contribution in [3.05, 3.63) is 34.4 Å². The van der Waals surface area contributed by atoms with E-state index < -0.39 is 0 Å². The van der Waals surface area contributed by atoms with E-state index in [2.05, 4.69) is 26.2 Å². The average molecular weight is 267 g/mol. The smallest absolute Gasteiger partial charge is 0.156 e. The van der Waals surface area contributed by atoms with Crippen LogP contribution in [0.2, 0.25) is 0 Å². The molecular formula is C10H11BrN4. The maximum Gasteiger partial charge on any atom is 0.156 e. The average Bonchev–Trinajstić information content (AvgIpc) is 2.59. The highest BCUT2D eigenvalue weighted by Gasteiger charge is 2.10. The number of rotatable bonds is 2. The van der Waals surface area contributed by atoms with Crippen LogP contribution < -0.4 is 5.73 Å². The van der Waals surface area contributed by atoms with Crippen molar-refractivity contribution >= 4 is 15.9 Å². The van der Waals surface area contributed by atoms with Gasteiger partial charge in [-0.05, 0) is 27.6 Å². The lowest BCUT2D eigenvalue weighted by atomic mass is 10.1. The number of hydrogen-bond acceptors (Lipinski definition) is 3. The van der Waals surface area contributed by atoms with E-state index in [4.69, 9.17) is 5.73 Å². The molecule has 1 heterocycles. The first-order valence-electron chi connectivity index (χ1n) is 4.57. The molecule has 78 valence electrons. The van der Waals surface area contributed by atoms with E-state index in [1.165, 1.54) is 0 Å². The second-order valence-electron chi connectivity index (χ2n) is 3.26. The van der Waals surface area contributed by atoms with E-state index in [0.717, 1.165) is 21.4 Å². The summed E-state index contributed by atoms with van der Waals surface area (Å²) in [6.45, 7) is 0.538. The number of halogens is 1. The summed E-state index contributed by atoms with van der Waals surface area (Å²) in [7, 11) is 1.86. The fraction of sp³-hybridized carbons (Fsp3) is 0.200. The summed E-state index contributed by atoms with van der Waals surface area (Å²) in [5, 5.41) is 7.88. The van der Waals surface area contributed by atoms with Gasteiger partial charge in [0.15, 0.2) is 4.60 Å². The minimum Gasteiger partial charge on any atom is -0.326 e. The molecule has 4 nitrogen and oxygen atoms in total. The first kappa shape index (κ1) is 10.3. The highest BCUT2D eigenvalue weighted by Crippen LogP contribution is 2.25. The van der Waals surface area contributed by atoms with Gasteiger partial charge in [-0.3, -0.25) is 0 Å². The molecule has 0 saturated heterocycles. The maximum absolute atomic E-state index is 5.60. The summed E-state index contributed by atoms with van der Waals surface area (Å²) in [4.78, 5) is 0. The summed E-state index contributed by atoms with van der Waals surface area (Å²) in [6, 6.07) is 8.05. The molecule has 0 unspecified atom stereocenters. The number of aromatic nitrogens is 3. The van der Waals surface area contributed by atoms with Crippen LogP contribution in [0.5, 0.6) is 0 Å². The lowest BCUT2D eigenvalue weighted by molar-refractivity contribution is 0.720. The van der Waals surface area contributed by atoms with E-state index in [1.54, 1.807) is 4.68 Å². The fourth-order valence-corrected chi connectivity index (χ4v) is 2.04. The Morgan fingerprint density at radius 3 is 2.87 bits per heavy atom. The topological polar surface area (TPSA) is 56.7 Å². The monoisotopic (exact) mass is 266 g/mol. The number of aryl methyl sites for hydroxylation is 1. The standard InChI is InChI=1S/C10H11BrN4/c1-15-9(10(11)13-14-15)8-4-2-3-7(5-8)6-12/h2-5H,6,12H2,1H3. The van der Waals surface area contributed by atoms with Gasteiger partial charge in [0.2, 0.25) is 0 Å². The maximum atomic E-state index is 5.60. The minimum atomic E-state index is 0.538. The molecule has 0 spiro atoms. The van der Waals surface area contributed by atoms with Crippen molar-refractivity contribution in [1.82, 2.24) is 15.0 Å². The van der Waals surface area contributed by atoms with Crippen molar-refractivity contribution in [3.8, 4) is 11.3 Å².